The molecule has 1 heterocycles. The second-order valence-electron chi connectivity index (χ2n) is 7.09. The largest absolute Gasteiger partial charge is 0.329 e. The molecule has 2 heteroatoms. The van der Waals surface area contributed by atoms with Gasteiger partial charge in [-0.05, 0) is 68.7 Å². The highest BCUT2D eigenvalue weighted by atomic mass is 15.2. The van der Waals surface area contributed by atoms with Gasteiger partial charge in [0.1, 0.15) is 0 Å². The Bertz CT molecular complexity index is 480. The van der Waals surface area contributed by atoms with Crippen molar-refractivity contribution in [3.63, 3.8) is 0 Å². The van der Waals surface area contributed by atoms with Gasteiger partial charge >= 0.3 is 0 Å². The van der Waals surface area contributed by atoms with Crippen LogP contribution in [0.25, 0.3) is 0 Å². The van der Waals surface area contributed by atoms with Crippen molar-refractivity contribution < 1.29 is 0 Å². The van der Waals surface area contributed by atoms with Crippen LogP contribution < -0.4 is 5.73 Å². The van der Waals surface area contributed by atoms with Crippen molar-refractivity contribution in [2.75, 3.05) is 13.1 Å². The van der Waals surface area contributed by atoms with Crippen molar-refractivity contribution in [2.45, 2.75) is 64.5 Å². The van der Waals surface area contributed by atoms with E-state index in [2.05, 4.69) is 36.9 Å². The SMILES string of the molecule is Cc1ccc(C(CN)N2CCC[C@H]3CCCC[C@H]32)cc1C. The van der Waals surface area contributed by atoms with E-state index in [1.807, 2.05) is 0 Å². The predicted molar refractivity (Wildman–Crippen MR) is 89.4 cm³/mol. The molecule has 3 atom stereocenters. The van der Waals surface area contributed by atoms with Gasteiger partial charge in [-0.15, -0.1) is 0 Å². The van der Waals surface area contributed by atoms with Crippen LogP contribution in [0.5, 0.6) is 0 Å². The summed E-state index contributed by atoms with van der Waals surface area (Å²) in [7, 11) is 0. The van der Waals surface area contributed by atoms with Crippen LogP contribution >= 0.6 is 0 Å². The molecule has 3 rings (SSSR count). The van der Waals surface area contributed by atoms with Gasteiger partial charge in [0.25, 0.3) is 0 Å². The topological polar surface area (TPSA) is 29.3 Å². The third-order valence-electron chi connectivity index (χ3n) is 5.83. The van der Waals surface area contributed by atoms with Gasteiger partial charge in [-0.3, -0.25) is 4.90 Å². The first kappa shape index (κ1) is 15.1. The Labute approximate surface area is 129 Å². The first-order chi connectivity index (χ1) is 10.2. The molecule has 2 N–H and O–H groups in total. The number of likely N-dealkylation sites (tertiary alicyclic amines) is 1. The summed E-state index contributed by atoms with van der Waals surface area (Å²) in [6.07, 6.45) is 8.44. The highest BCUT2D eigenvalue weighted by Gasteiger charge is 2.36. The molecule has 0 bridgehead atoms. The van der Waals surface area contributed by atoms with E-state index in [1.54, 1.807) is 0 Å². The first-order valence-electron chi connectivity index (χ1n) is 8.73. The lowest BCUT2D eigenvalue weighted by atomic mass is 9.77. The molecular formula is C19H30N2. The summed E-state index contributed by atoms with van der Waals surface area (Å²) in [5.41, 5.74) is 10.4. The van der Waals surface area contributed by atoms with Crippen LogP contribution in [0.2, 0.25) is 0 Å². The minimum absolute atomic E-state index is 0.412. The van der Waals surface area contributed by atoms with Crippen molar-refractivity contribution in [1.82, 2.24) is 4.90 Å². The zero-order chi connectivity index (χ0) is 14.8. The molecule has 1 unspecified atom stereocenters. The average molecular weight is 286 g/mol. The van der Waals surface area contributed by atoms with E-state index in [9.17, 15) is 0 Å². The molecule has 1 saturated carbocycles. The molecule has 1 aliphatic heterocycles. The molecule has 0 radical (unpaired) electrons. The van der Waals surface area contributed by atoms with Gasteiger partial charge < -0.3 is 5.73 Å². The minimum Gasteiger partial charge on any atom is -0.329 e. The molecule has 1 aliphatic carbocycles. The van der Waals surface area contributed by atoms with Crippen LogP contribution in [0.3, 0.4) is 0 Å². The van der Waals surface area contributed by atoms with Gasteiger partial charge in [0.05, 0.1) is 0 Å². The van der Waals surface area contributed by atoms with Gasteiger partial charge in [0, 0.05) is 18.6 Å². The number of rotatable bonds is 3. The number of benzene rings is 1. The summed E-state index contributed by atoms with van der Waals surface area (Å²) in [5, 5.41) is 0. The zero-order valence-electron chi connectivity index (χ0n) is 13.6. The molecule has 116 valence electrons. The van der Waals surface area contributed by atoms with E-state index in [0.717, 1.165) is 18.5 Å². The maximum Gasteiger partial charge on any atom is 0.0473 e. The number of piperidine rings is 1. The summed E-state index contributed by atoms with van der Waals surface area (Å²) in [6.45, 7) is 6.38. The highest BCUT2D eigenvalue weighted by Crippen LogP contribution is 2.39. The summed E-state index contributed by atoms with van der Waals surface area (Å²) in [4.78, 5) is 2.75. The number of hydrogen-bond acceptors (Lipinski definition) is 2. The lowest BCUT2D eigenvalue weighted by Gasteiger charge is -2.47. The lowest BCUT2D eigenvalue weighted by molar-refractivity contribution is 0.0276. The summed E-state index contributed by atoms with van der Waals surface area (Å²) >= 11 is 0. The van der Waals surface area contributed by atoms with Gasteiger partial charge in [-0.25, -0.2) is 0 Å². The molecule has 2 aliphatic rings. The fourth-order valence-electron chi connectivity index (χ4n) is 4.49. The fourth-order valence-corrected chi connectivity index (χ4v) is 4.49. The predicted octanol–water partition coefficient (Wildman–Crippen LogP) is 3.96. The quantitative estimate of drug-likeness (QED) is 0.911. The molecule has 1 aromatic rings. The van der Waals surface area contributed by atoms with Crippen LogP contribution in [0.1, 0.15) is 61.3 Å². The number of nitrogens with two attached hydrogens (primary N) is 1. The molecule has 2 fully saturated rings. The minimum atomic E-state index is 0.412. The summed E-state index contributed by atoms with van der Waals surface area (Å²) in [5.74, 6) is 0.924. The van der Waals surface area contributed by atoms with E-state index in [1.165, 1.54) is 61.8 Å². The Balaban J connectivity index is 1.85. The van der Waals surface area contributed by atoms with E-state index < -0.39 is 0 Å². The van der Waals surface area contributed by atoms with Crippen LogP contribution in [0.4, 0.5) is 0 Å². The summed E-state index contributed by atoms with van der Waals surface area (Å²) < 4.78 is 0. The van der Waals surface area contributed by atoms with Gasteiger partial charge in [0.15, 0.2) is 0 Å². The van der Waals surface area contributed by atoms with E-state index in [0.29, 0.717) is 6.04 Å². The Morgan fingerprint density at radius 1 is 1.10 bits per heavy atom. The van der Waals surface area contributed by atoms with Crippen molar-refractivity contribution in [2.24, 2.45) is 11.7 Å². The second-order valence-corrected chi connectivity index (χ2v) is 7.09. The van der Waals surface area contributed by atoms with Crippen molar-refractivity contribution in [3.8, 4) is 0 Å². The van der Waals surface area contributed by atoms with Crippen molar-refractivity contribution >= 4 is 0 Å². The Kier molecular flexibility index (Phi) is 4.66. The average Bonchev–Trinajstić information content (AvgIpc) is 2.52. The van der Waals surface area contributed by atoms with Crippen molar-refractivity contribution in [3.05, 3.63) is 34.9 Å². The van der Waals surface area contributed by atoms with E-state index >= 15 is 0 Å². The number of aryl methyl sites for hydroxylation is 2. The van der Waals surface area contributed by atoms with Crippen molar-refractivity contribution in [1.29, 1.82) is 0 Å². The molecule has 0 aromatic heterocycles. The third-order valence-corrected chi connectivity index (χ3v) is 5.83. The monoisotopic (exact) mass is 286 g/mol. The van der Waals surface area contributed by atoms with Gasteiger partial charge in [0.2, 0.25) is 0 Å². The smallest absolute Gasteiger partial charge is 0.0473 e. The first-order valence-corrected chi connectivity index (χ1v) is 8.73. The molecule has 0 spiro atoms. The molecule has 0 amide bonds. The third kappa shape index (κ3) is 3.02. The molecule has 21 heavy (non-hydrogen) atoms. The van der Waals surface area contributed by atoms with Crippen LogP contribution in [-0.2, 0) is 0 Å². The maximum atomic E-state index is 6.20. The molecule has 2 nitrogen and oxygen atoms in total. The Morgan fingerprint density at radius 3 is 2.62 bits per heavy atom. The normalized spacial score (nSPS) is 28.1. The summed E-state index contributed by atoms with van der Waals surface area (Å²) in [6, 6.07) is 8.11. The van der Waals surface area contributed by atoms with Gasteiger partial charge in [-0.1, -0.05) is 31.0 Å². The number of hydrogen-bond donors (Lipinski definition) is 1. The second kappa shape index (κ2) is 6.50. The number of nitrogens with zero attached hydrogens (tertiary/aromatic N) is 1. The van der Waals surface area contributed by atoms with Crippen LogP contribution in [0.15, 0.2) is 18.2 Å². The lowest BCUT2D eigenvalue weighted by Crippen LogP contribution is -2.50. The number of fused-ring (bicyclic) bond motifs is 1. The fraction of sp³-hybridized carbons (Fsp3) is 0.684. The molecule has 1 saturated heterocycles. The zero-order valence-corrected chi connectivity index (χ0v) is 13.6. The molecule has 1 aromatic carbocycles. The Hall–Kier alpha value is -0.860. The highest BCUT2D eigenvalue weighted by molar-refractivity contribution is 5.32. The van der Waals surface area contributed by atoms with Crippen LogP contribution in [0, 0.1) is 19.8 Å². The standard InChI is InChI=1S/C19H30N2/c1-14-9-10-17(12-15(14)2)19(13-20)21-11-5-7-16-6-3-4-8-18(16)21/h9-10,12,16,18-19H,3-8,11,13,20H2,1-2H3/t16-,18-,19?/m1/s1. The van der Waals surface area contributed by atoms with E-state index in [4.69, 9.17) is 5.73 Å². The van der Waals surface area contributed by atoms with Crippen LogP contribution in [-0.4, -0.2) is 24.0 Å². The Morgan fingerprint density at radius 2 is 1.86 bits per heavy atom. The maximum absolute atomic E-state index is 6.20. The molecular weight excluding hydrogens is 256 g/mol. The van der Waals surface area contributed by atoms with Gasteiger partial charge in [-0.2, -0.15) is 0 Å². The van der Waals surface area contributed by atoms with E-state index in [-0.39, 0.29) is 0 Å².